The Balaban J connectivity index is 1.94. The summed E-state index contributed by atoms with van der Waals surface area (Å²) >= 11 is 0. The van der Waals surface area contributed by atoms with Gasteiger partial charge in [0.25, 0.3) is 0 Å². The van der Waals surface area contributed by atoms with Crippen molar-refractivity contribution < 1.29 is 9.47 Å². The third-order valence-electron chi connectivity index (χ3n) is 3.24. The minimum absolute atomic E-state index is 0.689. The molecule has 21 heavy (non-hydrogen) atoms. The molecule has 0 atom stereocenters. The van der Waals surface area contributed by atoms with Gasteiger partial charge >= 0.3 is 0 Å². The average Bonchev–Trinajstić information content (AvgIpc) is 2.53. The summed E-state index contributed by atoms with van der Waals surface area (Å²) < 4.78 is 10.8. The van der Waals surface area contributed by atoms with Crippen LogP contribution in [0.4, 0.5) is 0 Å². The molecule has 0 saturated carbocycles. The van der Waals surface area contributed by atoms with Crippen LogP contribution in [-0.4, -0.2) is 24.8 Å². The predicted molar refractivity (Wildman–Crippen MR) is 85.7 cm³/mol. The van der Waals surface area contributed by atoms with Crippen molar-refractivity contribution in [3.8, 4) is 17.0 Å². The number of pyridine rings is 1. The van der Waals surface area contributed by atoms with E-state index in [0.29, 0.717) is 6.61 Å². The second-order valence-electron chi connectivity index (χ2n) is 4.81. The number of benzene rings is 1. The number of rotatable bonds is 8. The molecule has 0 spiro atoms. The van der Waals surface area contributed by atoms with E-state index in [-0.39, 0.29) is 0 Å². The molecule has 1 heterocycles. The predicted octanol–water partition coefficient (Wildman–Crippen LogP) is 4.12. The van der Waals surface area contributed by atoms with E-state index in [1.54, 1.807) is 0 Å². The second kappa shape index (κ2) is 8.42. The molecule has 112 valence electrons. The van der Waals surface area contributed by atoms with E-state index in [2.05, 4.69) is 17.1 Å². The highest BCUT2D eigenvalue weighted by atomic mass is 16.5. The third-order valence-corrected chi connectivity index (χ3v) is 3.24. The Morgan fingerprint density at radius 1 is 0.952 bits per heavy atom. The molecular formula is C18H23NO2. The average molecular weight is 285 g/mol. The molecule has 0 fully saturated rings. The third kappa shape index (κ3) is 4.87. The topological polar surface area (TPSA) is 31.4 Å². The van der Waals surface area contributed by atoms with Crippen LogP contribution >= 0.6 is 0 Å². The van der Waals surface area contributed by atoms with Gasteiger partial charge in [0.05, 0.1) is 12.3 Å². The zero-order valence-corrected chi connectivity index (χ0v) is 12.8. The van der Waals surface area contributed by atoms with Crippen molar-refractivity contribution >= 4 is 0 Å². The minimum atomic E-state index is 0.689. The van der Waals surface area contributed by atoms with Gasteiger partial charge in [-0.2, -0.15) is 0 Å². The van der Waals surface area contributed by atoms with Crippen LogP contribution in [0.2, 0.25) is 0 Å². The van der Waals surface area contributed by atoms with E-state index in [0.717, 1.165) is 43.1 Å². The van der Waals surface area contributed by atoms with Crippen LogP contribution < -0.4 is 4.74 Å². The lowest BCUT2D eigenvalue weighted by atomic mass is 10.1. The standard InChI is InChI=1S/C18H23NO2/c1-3-20-13-5-6-15-7-12-18(19-14-15)16-8-10-17(11-9-16)21-4-2/h7-12,14H,3-6,13H2,1-2H3. The fourth-order valence-electron chi connectivity index (χ4n) is 2.15. The van der Waals surface area contributed by atoms with Crippen LogP contribution in [-0.2, 0) is 11.2 Å². The molecule has 0 aliphatic carbocycles. The van der Waals surface area contributed by atoms with E-state index in [9.17, 15) is 0 Å². The molecule has 0 radical (unpaired) electrons. The minimum Gasteiger partial charge on any atom is -0.494 e. The number of hydrogen-bond acceptors (Lipinski definition) is 3. The van der Waals surface area contributed by atoms with E-state index >= 15 is 0 Å². The van der Waals surface area contributed by atoms with Gasteiger partial charge in [0.2, 0.25) is 0 Å². The lowest BCUT2D eigenvalue weighted by Crippen LogP contribution is -1.96. The molecule has 0 N–H and O–H groups in total. The molecule has 1 aromatic carbocycles. The molecule has 2 rings (SSSR count). The summed E-state index contributed by atoms with van der Waals surface area (Å²) in [7, 11) is 0. The molecule has 0 saturated heterocycles. The van der Waals surface area contributed by atoms with Crippen LogP contribution in [0.3, 0.4) is 0 Å². The van der Waals surface area contributed by atoms with Crippen molar-refractivity contribution in [2.24, 2.45) is 0 Å². The van der Waals surface area contributed by atoms with Crippen LogP contribution in [0.5, 0.6) is 5.75 Å². The van der Waals surface area contributed by atoms with Gasteiger partial charge in [-0.1, -0.05) is 6.07 Å². The molecule has 3 nitrogen and oxygen atoms in total. The first-order valence-electron chi connectivity index (χ1n) is 7.59. The zero-order valence-electron chi connectivity index (χ0n) is 12.8. The van der Waals surface area contributed by atoms with Gasteiger partial charge in [0.15, 0.2) is 0 Å². The van der Waals surface area contributed by atoms with Crippen LogP contribution in [0, 0.1) is 0 Å². The highest BCUT2D eigenvalue weighted by Crippen LogP contribution is 2.21. The quantitative estimate of drug-likeness (QED) is 0.684. The van der Waals surface area contributed by atoms with Crippen LogP contribution in [0.15, 0.2) is 42.6 Å². The highest BCUT2D eigenvalue weighted by molar-refractivity contribution is 5.60. The Morgan fingerprint density at radius 2 is 1.76 bits per heavy atom. The number of nitrogens with zero attached hydrogens (tertiary/aromatic N) is 1. The Labute approximate surface area is 126 Å². The summed E-state index contributed by atoms with van der Waals surface area (Å²) in [6.45, 7) is 6.30. The van der Waals surface area contributed by atoms with Crippen LogP contribution in [0.1, 0.15) is 25.8 Å². The lowest BCUT2D eigenvalue weighted by molar-refractivity contribution is 0.145. The summed E-state index contributed by atoms with van der Waals surface area (Å²) in [4.78, 5) is 4.54. The highest BCUT2D eigenvalue weighted by Gasteiger charge is 2.01. The molecule has 0 aliphatic rings. The van der Waals surface area contributed by atoms with Crippen LogP contribution in [0.25, 0.3) is 11.3 Å². The maximum absolute atomic E-state index is 5.45. The van der Waals surface area contributed by atoms with Gasteiger partial charge in [-0.05, 0) is 62.6 Å². The number of hydrogen-bond donors (Lipinski definition) is 0. The van der Waals surface area contributed by atoms with Gasteiger partial charge in [-0.15, -0.1) is 0 Å². The Morgan fingerprint density at radius 3 is 2.38 bits per heavy atom. The largest absolute Gasteiger partial charge is 0.494 e. The zero-order chi connectivity index (χ0) is 14.9. The fraction of sp³-hybridized carbons (Fsp3) is 0.389. The summed E-state index contributed by atoms with van der Waals surface area (Å²) in [6.07, 6.45) is 4.01. The van der Waals surface area contributed by atoms with Gasteiger partial charge in [-0.25, -0.2) is 0 Å². The molecule has 2 aromatic rings. The first-order chi connectivity index (χ1) is 10.3. The van der Waals surface area contributed by atoms with E-state index in [1.807, 2.05) is 44.3 Å². The first-order valence-corrected chi connectivity index (χ1v) is 7.59. The Bertz CT molecular complexity index is 520. The SMILES string of the molecule is CCOCCCc1ccc(-c2ccc(OCC)cc2)nc1. The van der Waals surface area contributed by atoms with Gasteiger partial charge in [0.1, 0.15) is 5.75 Å². The summed E-state index contributed by atoms with van der Waals surface area (Å²) in [5.41, 5.74) is 3.36. The molecule has 0 aliphatic heterocycles. The van der Waals surface area contributed by atoms with E-state index < -0.39 is 0 Å². The monoisotopic (exact) mass is 285 g/mol. The number of ether oxygens (including phenoxy) is 2. The smallest absolute Gasteiger partial charge is 0.119 e. The Kier molecular flexibility index (Phi) is 6.22. The van der Waals surface area contributed by atoms with E-state index in [1.165, 1.54) is 5.56 Å². The van der Waals surface area contributed by atoms with Crippen molar-refractivity contribution in [3.05, 3.63) is 48.2 Å². The van der Waals surface area contributed by atoms with Crippen molar-refractivity contribution in [2.75, 3.05) is 19.8 Å². The summed E-state index contributed by atoms with van der Waals surface area (Å²) in [5, 5.41) is 0. The summed E-state index contributed by atoms with van der Waals surface area (Å²) in [5.74, 6) is 0.897. The number of aromatic nitrogens is 1. The normalized spacial score (nSPS) is 10.6. The molecule has 1 aromatic heterocycles. The number of aryl methyl sites for hydroxylation is 1. The lowest BCUT2D eigenvalue weighted by Gasteiger charge is -2.06. The van der Waals surface area contributed by atoms with Crippen molar-refractivity contribution in [2.45, 2.75) is 26.7 Å². The molecule has 0 bridgehead atoms. The maximum Gasteiger partial charge on any atom is 0.119 e. The molecule has 0 unspecified atom stereocenters. The van der Waals surface area contributed by atoms with Gasteiger partial charge in [-0.3, -0.25) is 4.98 Å². The van der Waals surface area contributed by atoms with Gasteiger partial charge < -0.3 is 9.47 Å². The Hall–Kier alpha value is -1.87. The summed E-state index contributed by atoms with van der Waals surface area (Å²) in [6, 6.07) is 12.3. The fourth-order valence-corrected chi connectivity index (χ4v) is 2.15. The molecule has 0 amide bonds. The van der Waals surface area contributed by atoms with Crippen molar-refractivity contribution in [3.63, 3.8) is 0 Å². The van der Waals surface area contributed by atoms with E-state index in [4.69, 9.17) is 9.47 Å². The second-order valence-corrected chi connectivity index (χ2v) is 4.81. The van der Waals surface area contributed by atoms with Crippen molar-refractivity contribution in [1.29, 1.82) is 0 Å². The first kappa shape index (κ1) is 15.5. The maximum atomic E-state index is 5.45. The molecular weight excluding hydrogens is 262 g/mol. The van der Waals surface area contributed by atoms with Gasteiger partial charge in [0, 0.05) is 25.0 Å². The van der Waals surface area contributed by atoms with Crippen molar-refractivity contribution in [1.82, 2.24) is 4.98 Å². The molecule has 3 heteroatoms.